The van der Waals surface area contributed by atoms with Crippen molar-refractivity contribution in [3.05, 3.63) is 0 Å². The molecule has 0 aliphatic heterocycles. The monoisotopic (exact) mass is 226 g/mol. The molecule has 0 radical (unpaired) electrons. The molecule has 1 fully saturated rings. The third kappa shape index (κ3) is 3.74. The maximum atomic E-state index is 5.87. The number of hydrogen-bond acceptors (Lipinski definition) is 2. The van der Waals surface area contributed by atoms with E-state index in [0.29, 0.717) is 18.0 Å². The zero-order chi connectivity index (χ0) is 12.0. The Kier molecular flexibility index (Phi) is 6.37. The molecule has 16 heavy (non-hydrogen) atoms. The maximum Gasteiger partial charge on any atom is 0.0110 e. The van der Waals surface area contributed by atoms with Gasteiger partial charge in [-0.15, -0.1) is 0 Å². The lowest BCUT2D eigenvalue weighted by Gasteiger charge is -2.35. The zero-order valence-electron chi connectivity index (χ0n) is 11.3. The minimum absolute atomic E-state index is 0.646. The number of nitrogens with two attached hydrogens (primary N) is 1. The quantitative estimate of drug-likeness (QED) is 0.731. The second-order valence-electron chi connectivity index (χ2n) is 5.42. The first-order valence-corrected chi connectivity index (χ1v) is 7.19. The number of rotatable bonds is 6. The van der Waals surface area contributed by atoms with Gasteiger partial charge in [0.25, 0.3) is 0 Å². The summed E-state index contributed by atoms with van der Waals surface area (Å²) in [6.45, 7) is 7.80. The Hall–Kier alpha value is -0.0800. The normalized spacial score (nSPS) is 28.3. The molecule has 0 aromatic rings. The smallest absolute Gasteiger partial charge is 0.0110 e. The molecule has 0 aromatic heterocycles. The van der Waals surface area contributed by atoms with E-state index in [1.54, 1.807) is 0 Å². The molecule has 1 saturated carbocycles. The molecule has 1 rings (SSSR count). The van der Waals surface area contributed by atoms with Crippen LogP contribution < -0.4 is 11.1 Å². The summed E-state index contributed by atoms with van der Waals surface area (Å²) in [5.74, 6) is 1.53. The fourth-order valence-corrected chi connectivity index (χ4v) is 3.18. The van der Waals surface area contributed by atoms with Gasteiger partial charge in [0.15, 0.2) is 0 Å². The summed E-state index contributed by atoms with van der Waals surface area (Å²) < 4.78 is 0. The SMILES string of the molecule is CCC(CC)C(C)NC1CCCCC1CN. The minimum Gasteiger partial charge on any atom is -0.330 e. The minimum atomic E-state index is 0.646. The highest BCUT2D eigenvalue weighted by Crippen LogP contribution is 2.25. The molecular formula is C14H30N2. The first-order chi connectivity index (χ1) is 7.72. The summed E-state index contributed by atoms with van der Waals surface area (Å²) >= 11 is 0. The van der Waals surface area contributed by atoms with Gasteiger partial charge in [-0.25, -0.2) is 0 Å². The van der Waals surface area contributed by atoms with Crippen LogP contribution in [0, 0.1) is 11.8 Å². The summed E-state index contributed by atoms with van der Waals surface area (Å²) in [6.07, 6.45) is 7.97. The average Bonchev–Trinajstić information content (AvgIpc) is 2.31. The second-order valence-corrected chi connectivity index (χ2v) is 5.42. The van der Waals surface area contributed by atoms with Gasteiger partial charge in [-0.1, -0.05) is 39.5 Å². The van der Waals surface area contributed by atoms with Crippen molar-refractivity contribution in [2.45, 2.75) is 71.4 Å². The van der Waals surface area contributed by atoms with Gasteiger partial charge in [-0.05, 0) is 38.1 Å². The maximum absolute atomic E-state index is 5.87. The summed E-state index contributed by atoms with van der Waals surface area (Å²) in [5, 5.41) is 3.84. The van der Waals surface area contributed by atoms with Crippen LogP contribution in [0.15, 0.2) is 0 Å². The molecule has 3 unspecified atom stereocenters. The third-order valence-electron chi connectivity index (χ3n) is 4.44. The average molecular weight is 226 g/mol. The Labute approximate surface area is 101 Å². The second kappa shape index (κ2) is 7.29. The van der Waals surface area contributed by atoms with E-state index in [0.717, 1.165) is 12.5 Å². The van der Waals surface area contributed by atoms with Gasteiger partial charge in [0.1, 0.15) is 0 Å². The van der Waals surface area contributed by atoms with Crippen LogP contribution in [0.3, 0.4) is 0 Å². The van der Waals surface area contributed by atoms with Crippen LogP contribution in [0.25, 0.3) is 0 Å². The van der Waals surface area contributed by atoms with Crippen LogP contribution in [0.5, 0.6) is 0 Å². The molecule has 0 amide bonds. The Bertz CT molecular complexity index is 178. The van der Waals surface area contributed by atoms with Gasteiger partial charge in [0, 0.05) is 12.1 Å². The van der Waals surface area contributed by atoms with E-state index in [4.69, 9.17) is 5.73 Å². The highest BCUT2D eigenvalue weighted by Gasteiger charge is 2.26. The predicted molar refractivity (Wildman–Crippen MR) is 71.5 cm³/mol. The fourth-order valence-electron chi connectivity index (χ4n) is 3.18. The lowest BCUT2D eigenvalue weighted by Crippen LogP contribution is -2.47. The molecule has 2 nitrogen and oxygen atoms in total. The first kappa shape index (κ1) is 14.0. The molecule has 0 aromatic carbocycles. The fraction of sp³-hybridized carbons (Fsp3) is 1.00. The van der Waals surface area contributed by atoms with Crippen LogP contribution in [-0.4, -0.2) is 18.6 Å². The molecule has 1 aliphatic carbocycles. The molecule has 0 heterocycles. The molecule has 3 atom stereocenters. The van der Waals surface area contributed by atoms with Crippen LogP contribution in [-0.2, 0) is 0 Å². The Morgan fingerprint density at radius 3 is 2.38 bits per heavy atom. The number of nitrogens with one attached hydrogen (secondary N) is 1. The lowest BCUT2D eigenvalue weighted by atomic mass is 9.83. The Balaban J connectivity index is 2.43. The molecular weight excluding hydrogens is 196 g/mol. The third-order valence-corrected chi connectivity index (χ3v) is 4.44. The molecule has 0 spiro atoms. The Morgan fingerprint density at radius 2 is 1.81 bits per heavy atom. The molecule has 0 bridgehead atoms. The van der Waals surface area contributed by atoms with Crippen LogP contribution in [0.1, 0.15) is 59.3 Å². The number of hydrogen-bond donors (Lipinski definition) is 2. The summed E-state index contributed by atoms with van der Waals surface area (Å²) in [7, 11) is 0. The summed E-state index contributed by atoms with van der Waals surface area (Å²) in [5.41, 5.74) is 5.87. The van der Waals surface area contributed by atoms with E-state index in [9.17, 15) is 0 Å². The predicted octanol–water partition coefficient (Wildman–Crippen LogP) is 2.92. The van der Waals surface area contributed by atoms with Gasteiger partial charge in [-0.3, -0.25) is 0 Å². The Morgan fingerprint density at radius 1 is 1.19 bits per heavy atom. The van der Waals surface area contributed by atoms with Crippen molar-refractivity contribution in [3.63, 3.8) is 0 Å². The van der Waals surface area contributed by atoms with E-state index < -0.39 is 0 Å². The lowest BCUT2D eigenvalue weighted by molar-refractivity contribution is 0.222. The van der Waals surface area contributed by atoms with Crippen LogP contribution in [0.4, 0.5) is 0 Å². The van der Waals surface area contributed by atoms with Gasteiger partial charge in [0.2, 0.25) is 0 Å². The van der Waals surface area contributed by atoms with Crippen molar-refractivity contribution < 1.29 is 0 Å². The summed E-state index contributed by atoms with van der Waals surface area (Å²) in [4.78, 5) is 0. The van der Waals surface area contributed by atoms with Crippen molar-refractivity contribution in [2.75, 3.05) is 6.54 Å². The van der Waals surface area contributed by atoms with Crippen molar-refractivity contribution in [2.24, 2.45) is 17.6 Å². The van der Waals surface area contributed by atoms with Crippen molar-refractivity contribution in [1.82, 2.24) is 5.32 Å². The topological polar surface area (TPSA) is 38.0 Å². The van der Waals surface area contributed by atoms with E-state index in [-0.39, 0.29) is 0 Å². The largest absolute Gasteiger partial charge is 0.330 e. The zero-order valence-corrected chi connectivity index (χ0v) is 11.3. The van der Waals surface area contributed by atoms with E-state index in [1.165, 1.54) is 38.5 Å². The van der Waals surface area contributed by atoms with E-state index >= 15 is 0 Å². The van der Waals surface area contributed by atoms with Crippen molar-refractivity contribution >= 4 is 0 Å². The highest BCUT2D eigenvalue weighted by molar-refractivity contribution is 4.84. The van der Waals surface area contributed by atoms with Gasteiger partial charge in [0.05, 0.1) is 0 Å². The van der Waals surface area contributed by atoms with Crippen LogP contribution >= 0.6 is 0 Å². The van der Waals surface area contributed by atoms with E-state index in [1.807, 2.05) is 0 Å². The molecule has 1 aliphatic rings. The van der Waals surface area contributed by atoms with Crippen molar-refractivity contribution in [3.8, 4) is 0 Å². The van der Waals surface area contributed by atoms with Crippen LogP contribution in [0.2, 0.25) is 0 Å². The molecule has 96 valence electrons. The first-order valence-electron chi connectivity index (χ1n) is 7.19. The summed E-state index contributed by atoms with van der Waals surface area (Å²) in [6, 6.07) is 1.32. The molecule has 0 saturated heterocycles. The van der Waals surface area contributed by atoms with E-state index in [2.05, 4.69) is 26.1 Å². The highest BCUT2D eigenvalue weighted by atomic mass is 15.0. The van der Waals surface area contributed by atoms with Gasteiger partial charge >= 0.3 is 0 Å². The molecule has 2 heteroatoms. The molecule has 3 N–H and O–H groups in total. The van der Waals surface area contributed by atoms with Crippen molar-refractivity contribution in [1.29, 1.82) is 0 Å². The van der Waals surface area contributed by atoms with Gasteiger partial charge in [-0.2, -0.15) is 0 Å². The van der Waals surface area contributed by atoms with Gasteiger partial charge < -0.3 is 11.1 Å². The standard InChI is InChI=1S/C14H30N2/c1-4-12(5-2)11(3)16-14-9-7-6-8-13(14)10-15/h11-14,16H,4-10,15H2,1-3H3.